The molecule has 1 saturated heterocycles. The molecule has 186 valence electrons. The first kappa shape index (κ1) is 23.8. The molecule has 2 aromatic rings. The van der Waals surface area contributed by atoms with Gasteiger partial charge in [0.25, 0.3) is 0 Å². The molecule has 0 atom stereocenters. The summed E-state index contributed by atoms with van der Waals surface area (Å²) >= 11 is 0. The molecule has 3 aliphatic rings. The number of piperazine rings is 1. The lowest BCUT2D eigenvalue weighted by Crippen LogP contribution is -2.47. The number of para-hydroxylation sites is 1. The van der Waals surface area contributed by atoms with Gasteiger partial charge in [-0.2, -0.15) is 0 Å². The van der Waals surface area contributed by atoms with Crippen molar-refractivity contribution in [3.63, 3.8) is 0 Å². The normalized spacial score (nSPS) is 21.5. The number of rotatable bonds is 6. The summed E-state index contributed by atoms with van der Waals surface area (Å²) in [6.07, 6.45) is 0. The number of ether oxygens (including phenoxy) is 1. The smallest absolute Gasteiger partial charge is 0.196 e. The Morgan fingerprint density at radius 1 is 0.971 bits per heavy atom. The van der Waals surface area contributed by atoms with E-state index in [9.17, 15) is 13.2 Å². The third kappa shape index (κ3) is 4.55. The van der Waals surface area contributed by atoms with E-state index in [0.29, 0.717) is 24.2 Å². The molecule has 3 aliphatic heterocycles. The van der Waals surface area contributed by atoms with Crippen LogP contribution in [-0.4, -0.2) is 88.6 Å². The average molecular weight is 486 g/mol. The minimum absolute atomic E-state index is 0.0786. The van der Waals surface area contributed by atoms with Crippen LogP contribution in [0.2, 0.25) is 0 Å². The van der Waals surface area contributed by atoms with E-state index in [4.69, 9.17) is 9.73 Å². The summed E-state index contributed by atoms with van der Waals surface area (Å²) in [4.78, 5) is 11.4. The van der Waals surface area contributed by atoms with Crippen molar-refractivity contribution in [3.8, 4) is 0 Å². The van der Waals surface area contributed by atoms with Crippen LogP contribution in [0.5, 0.6) is 0 Å². The van der Waals surface area contributed by atoms with E-state index in [1.165, 1.54) is 0 Å². The van der Waals surface area contributed by atoms with Crippen molar-refractivity contribution in [2.45, 2.75) is 0 Å². The molecule has 6 nitrogen and oxygen atoms in total. The summed E-state index contributed by atoms with van der Waals surface area (Å²) in [5.74, 6) is -3.79. The molecule has 35 heavy (non-hydrogen) atoms. The maximum atomic E-state index is 14.6. The second-order valence-electron chi connectivity index (χ2n) is 9.17. The minimum atomic E-state index is -1.44. The van der Waals surface area contributed by atoms with Crippen molar-refractivity contribution in [3.05, 3.63) is 64.6 Å². The van der Waals surface area contributed by atoms with E-state index in [2.05, 4.69) is 15.1 Å². The largest absolute Gasteiger partial charge is 0.383 e. The van der Waals surface area contributed by atoms with Gasteiger partial charge in [0.1, 0.15) is 0 Å². The molecule has 3 heterocycles. The van der Waals surface area contributed by atoms with Crippen molar-refractivity contribution in [2.24, 2.45) is 4.99 Å². The van der Waals surface area contributed by atoms with Gasteiger partial charge in [-0.1, -0.05) is 18.2 Å². The minimum Gasteiger partial charge on any atom is -0.383 e. The molecule has 0 saturated carbocycles. The molecule has 0 bridgehead atoms. The Hall–Kier alpha value is -2.88. The summed E-state index contributed by atoms with van der Waals surface area (Å²) in [6, 6.07) is 8.93. The van der Waals surface area contributed by atoms with Crippen molar-refractivity contribution in [1.29, 1.82) is 0 Å². The van der Waals surface area contributed by atoms with Gasteiger partial charge in [0.05, 0.1) is 30.2 Å². The zero-order valence-electron chi connectivity index (χ0n) is 20.1. The van der Waals surface area contributed by atoms with Crippen LogP contribution < -0.4 is 10.2 Å². The van der Waals surface area contributed by atoms with Gasteiger partial charge in [0.15, 0.2) is 17.5 Å². The number of aliphatic imine (C=N–C) groups is 1. The Morgan fingerprint density at radius 3 is 2.43 bits per heavy atom. The van der Waals surface area contributed by atoms with E-state index < -0.39 is 17.5 Å². The number of methoxy groups -OCH3 is 1. The lowest BCUT2D eigenvalue weighted by atomic mass is 10.0. The van der Waals surface area contributed by atoms with Gasteiger partial charge < -0.3 is 15.0 Å². The molecule has 1 N–H and O–H groups in total. The zero-order valence-corrected chi connectivity index (χ0v) is 20.1. The Bertz CT molecular complexity index is 1170. The predicted molar refractivity (Wildman–Crippen MR) is 133 cm³/mol. The lowest BCUT2D eigenvalue weighted by molar-refractivity contribution is 0.0985. The summed E-state index contributed by atoms with van der Waals surface area (Å²) in [5.41, 5.74) is 4.52. The monoisotopic (exact) mass is 485 g/mol. The fourth-order valence-corrected chi connectivity index (χ4v) is 5.07. The van der Waals surface area contributed by atoms with Crippen molar-refractivity contribution >= 4 is 22.7 Å². The molecule has 9 heteroatoms. The third-order valence-electron chi connectivity index (χ3n) is 6.98. The van der Waals surface area contributed by atoms with E-state index in [0.717, 1.165) is 74.6 Å². The summed E-state index contributed by atoms with van der Waals surface area (Å²) in [5, 5.41) is 3.41. The highest BCUT2D eigenvalue weighted by molar-refractivity contribution is 6.25. The van der Waals surface area contributed by atoms with Gasteiger partial charge in [-0.15, -0.1) is 0 Å². The van der Waals surface area contributed by atoms with E-state index in [1.807, 2.05) is 24.3 Å². The van der Waals surface area contributed by atoms with E-state index >= 15 is 0 Å². The van der Waals surface area contributed by atoms with Crippen LogP contribution in [0.4, 0.5) is 24.5 Å². The molecule has 0 spiro atoms. The first-order chi connectivity index (χ1) is 17.0. The Labute approximate surface area is 203 Å². The van der Waals surface area contributed by atoms with E-state index in [-0.39, 0.29) is 5.69 Å². The Morgan fingerprint density at radius 2 is 1.69 bits per heavy atom. The van der Waals surface area contributed by atoms with Gasteiger partial charge >= 0.3 is 0 Å². The number of fused-ring (bicyclic) bond motifs is 2. The second-order valence-corrected chi connectivity index (χ2v) is 9.17. The molecular weight excluding hydrogens is 455 g/mol. The van der Waals surface area contributed by atoms with E-state index in [1.54, 1.807) is 19.1 Å². The van der Waals surface area contributed by atoms with Gasteiger partial charge in [-0.25, -0.2) is 13.2 Å². The standard InChI is InChI=1S/C26H30F3N5O/c1-32-16-19(18-15-20(27)22(28)23(29)26(18)32)25-24(17-5-3-4-6-21(17)31-25)30-7-8-33-9-11-34(12-10-33)13-14-35-2/h3-6,15,31H,7-14,16H2,1-2H3/b25-19+,30-24?. The molecule has 0 aliphatic carbocycles. The van der Waals surface area contributed by atoms with Crippen LogP contribution in [0, 0.1) is 17.5 Å². The third-order valence-corrected chi connectivity index (χ3v) is 6.98. The number of nitrogens with one attached hydrogen (secondary N) is 1. The molecular formula is C26H30F3N5O. The molecule has 0 amide bonds. The Balaban J connectivity index is 1.40. The molecule has 5 rings (SSSR count). The number of anilines is 2. The fourth-order valence-electron chi connectivity index (χ4n) is 5.07. The van der Waals surface area contributed by atoms with Crippen LogP contribution in [-0.2, 0) is 4.74 Å². The first-order valence-electron chi connectivity index (χ1n) is 11.9. The number of benzene rings is 2. The molecule has 2 aromatic carbocycles. The highest BCUT2D eigenvalue weighted by Gasteiger charge is 2.34. The average Bonchev–Trinajstić information content (AvgIpc) is 3.39. The number of nitrogens with zero attached hydrogens (tertiary/aromatic N) is 4. The number of hydrogen-bond donors (Lipinski definition) is 1. The van der Waals surface area contributed by atoms with Crippen LogP contribution in [0.3, 0.4) is 0 Å². The number of halogens is 3. The molecule has 0 aromatic heterocycles. The quantitative estimate of drug-likeness (QED) is 0.635. The van der Waals surface area contributed by atoms with Crippen LogP contribution in [0.1, 0.15) is 11.1 Å². The highest BCUT2D eigenvalue weighted by atomic mass is 19.2. The maximum Gasteiger partial charge on any atom is 0.196 e. The lowest BCUT2D eigenvalue weighted by Gasteiger charge is -2.34. The van der Waals surface area contributed by atoms with Gasteiger partial charge in [0.2, 0.25) is 0 Å². The number of hydrogen-bond acceptors (Lipinski definition) is 6. The molecule has 0 unspecified atom stereocenters. The topological polar surface area (TPSA) is 43.3 Å². The fraction of sp³-hybridized carbons (Fsp3) is 0.423. The van der Waals surface area contributed by atoms with Gasteiger partial charge in [-0.3, -0.25) is 14.8 Å². The zero-order chi connectivity index (χ0) is 24.5. The van der Waals surface area contributed by atoms with Crippen molar-refractivity contribution in [1.82, 2.24) is 9.80 Å². The summed E-state index contributed by atoms with van der Waals surface area (Å²) in [6.45, 7) is 7.45. The number of likely N-dealkylation sites (N-methyl/N-ethyl adjacent to an activating group) is 1. The SMILES string of the molecule is COCCN1CCN(CCN=C2/C(=C3/CN(C)c4c3cc(F)c(F)c4F)Nc3ccccc32)CC1. The maximum absolute atomic E-state index is 14.6. The first-order valence-corrected chi connectivity index (χ1v) is 11.9. The Kier molecular flexibility index (Phi) is 6.82. The van der Waals surface area contributed by atoms with Crippen LogP contribution >= 0.6 is 0 Å². The predicted octanol–water partition coefficient (Wildman–Crippen LogP) is 3.44. The summed E-state index contributed by atoms with van der Waals surface area (Å²) < 4.78 is 47.9. The van der Waals surface area contributed by atoms with Crippen molar-refractivity contribution in [2.75, 3.05) is 83.3 Å². The van der Waals surface area contributed by atoms with Crippen molar-refractivity contribution < 1.29 is 17.9 Å². The van der Waals surface area contributed by atoms with Gasteiger partial charge in [0, 0.05) is 82.4 Å². The highest BCUT2D eigenvalue weighted by Crippen LogP contribution is 2.43. The molecule has 0 radical (unpaired) electrons. The van der Waals surface area contributed by atoms with Gasteiger partial charge in [-0.05, 0) is 12.1 Å². The molecule has 1 fully saturated rings. The number of allylic oxidation sites excluding steroid dienone is 1. The van der Waals surface area contributed by atoms with Crippen LogP contribution in [0.25, 0.3) is 5.57 Å². The summed E-state index contributed by atoms with van der Waals surface area (Å²) in [7, 11) is 3.40. The van der Waals surface area contributed by atoms with Crippen LogP contribution in [0.15, 0.2) is 41.0 Å². The second kappa shape index (κ2) is 10.0.